The van der Waals surface area contributed by atoms with E-state index in [0.29, 0.717) is 10.1 Å². The van der Waals surface area contributed by atoms with Crippen molar-refractivity contribution >= 4 is 5.82 Å². The quantitative estimate of drug-likeness (QED) is 0.627. The molecule has 0 spiro atoms. The second-order valence-electron chi connectivity index (χ2n) is 5.55. The van der Waals surface area contributed by atoms with E-state index in [1.807, 2.05) is 0 Å². The van der Waals surface area contributed by atoms with Gasteiger partial charge in [0, 0.05) is 43.5 Å². The lowest BCUT2D eigenvalue weighted by atomic mass is 10.2. The summed E-state index contributed by atoms with van der Waals surface area (Å²) in [5, 5.41) is 0. The lowest BCUT2D eigenvalue weighted by Gasteiger charge is -2.20. The maximum absolute atomic E-state index is 13.2. The SMILES string of the molecule is CN(Cc1nccn1C(F)F)c1cc(C(F)(F)F)nc(-c2ccncc2)n1. The Balaban J connectivity index is 1.99. The molecule has 0 bridgehead atoms. The van der Waals surface area contributed by atoms with Crippen LogP contribution in [0.5, 0.6) is 0 Å². The fourth-order valence-corrected chi connectivity index (χ4v) is 2.34. The molecule has 0 aliphatic rings. The zero-order valence-corrected chi connectivity index (χ0v) is 13.9. The first kappa shape index (κ1) is 18.7. The zero-order chi connectivity index (χ0) is 19.6. The van der Waals surface area contributed by atoms with Gasteiger partial charge < -0.3 is 4.90 Å². The van der Waals surface area contributed by atoms with Gasteiger partial charge in [-0.15, -0.1) is 0 Å². The van der Waals surface area contributed by atoms with Crippen molar-refractivity contribution in [2.45, 2.75) is 19.3 Å². The number of anilines is 1. The average molecular weight is 384 g/mol. The molecule has 0 atom stereocenters. The predicted molar refractivity (Wildman–Crippen MR) is 85.9 cm³/mol. The molecule has 0 N–H and O–H groups in total. The number of hydrogen-bond acceptors (Lipinski definition) is 5. The number of nitrogens with zero attached hydrogens (tertiary/aromatic N) is 6. The molecule has 0 saturated heterocycles. The molecule has 0 aliphatic heterocycles. The minimum absolute atomic E-state index is 0.00914. The Hall–Kier alpha value is -3.11. The lowest BCUT2D eigenvalue weighted by molar-refractivity contribution is -0.141. The van der Waals surface area contributed by atoms with Crippen LogP contribution in [0.3, 0.4) is 0 Å². The summed E-state index contributed by atoms with van der Waals surface area (Å²) < 4.78 is 66.2. The first-order chi connectivity index (χ1) is 12.8. The van der Waals surface area contributed by atoms with Crippen LogP contribution in [0.15, 0.2) is 43.0 Å². The first-order valence-electron chi connectivity index (χ1n) is 7.63. The normalized spacial score (nSPS) is 11.8. The van der Waals surface area contributed by atoms with Crippen molar-refractivity contribution in [3.05, 3.63) is 54.5 Å². The van der Waals surface area contributed by atoms with Gasteiger partial charge in [0.15, 0.2) is 11.5 Å². The minimum atomic E-state index is -4.69. The molecule has 0 fully saturated rings. The Morgan fingerprint density at radius 1 is 1.11 bits per heavy atom. The van der Waals surface area contributed by atoms with Crippen LogP contribution in [0.2, 0.25) is 0 Å². The van der Waals surface area contributed by atoms with Crippen molar-refractivity contribution in [2.24, 2.45) is 0 Å². The molecule has 6 nitrogen and oxygen atoms in total. The minimum Gasteiger partial charge on any atom is -0.352 e. The maximum Gasteiger partial charge on any atom is 0.433 e. The largest absolute Gasteiger partial charge is 0.433 e. The molecule has 0 radical (unpaired) electrons. The predicted octanol–water partition coefficient (Wildman–Crippen LogP) is 3.79. The first-order valence-corrected chi connectivity index (χ1v) is 7.63. The Labute approximate surface area is 150 Å². The highest BCUT2D eigenvalue weighted by Crippen LogP contribution is 2.31. The summed E-state index contributed by atoms with van der Waals surface area (Å²) in [5.74, 6) is -0.232. The summed E-state index contributed by atoms with van der Waals surface area (Å²) in [6, 6.07) is 3.71. The summed E-state index contributed by atoms with van der Waals surface area (Å²) in [6.45, 7) is -2.97. The second-order valence-corrected chi connectivity index (χ2v) is 5.55. The molecule has 142 valence electrons. The lowest BCUT2D eigenvalue weighted by Crippen LogP contribution is -2.22. The second kappa shape index (κ2) is 7.25. The topological polar surface area (TPSA) is 59.7 Å². The van der Waals surface area contributed by atoms with Crippen molar-refractivity contribution in [3.63, 3.8) is 0 Å². The number of rotatable bonds is 5. The summed E-state index contributed by atoms with van der Waals surface area (Å²) in [7, 11) is 1.43. The number of aromatic nitrogens is 5. The molecule has 3 heterocycles. The van der Waals surface area contributed by atoms with Crippen molar-refractivity contribution in [1.82, 2.24) is 24.5 Å². The summed E-state index contributed by atoms with van der Waals surface area (Å²) in [5.41, 5.74) is -0.789. The molecular weight excluding hydrogens is 371 g/mol. The number of pyridine rings is 1. The molecule has 3 aromatic rings. The molecule has 0 amide bonds. The van der Waals surface area contributed by atoms with E-state index in [2.05, 4.69) is 19.9 Å². The van der Waals surface area contributed by atoms with E-state index < -0.39 is 18.4 Å². The van der Waals surface area contributed by atoms with Crippen LogP contribution < -0.4 is 4.90 Å². The van der Waals surface area contributed by atoms with Crippen molar-refractivity contribution in [1.29, 1.82) is 0 Å². The molecule has 0 aliphatic carbocycles. The molecule has 0 saturated carbocycles. The third-order valence-electron chi connectivity index (χ3n) is 3.67. The standard InChI is InChI=1S/C16H13F5N6/c1-26(9-13-23-6-7-27(13)15(17)18)12-8-11(16(19,20)21)24-14(25-12)10-2-4-22-5-3-10/h2-8,15H,9H2,1H3. The van der Waals surface area contributed by atoms with Crippen LogP contribution in [0.1, 0.15) is 18.1 Å². The number of imidazole rings is 1. The van der Waals surface area contributed by atoms with Crippen LogP contribution in [0, 0.1) is 0 Å². The Morgan fingerprint density at radius 3 is 2.44 bits per heavy atom. The number of alkyl halides is 5. The molecule has 0 unspecified atom stereocenters. The number of halogens is 5. The van der Waals surface area contributed by atoms with E-state index in [9.17, 15) is 22.0 Å². The van der Waals surface area contributed by atoms with Gasteiger partial charge in [0.25, 0.3) is 0 Å². The van der Waals surface area contributed by atoms with E-state index in [-0.39, 0.29) is 24.0 Å². The van der Waals surface area contributed by atoms with Gasteiger partial charge in [0.1, 0.15) is 11.6 Å². The van der Waals surface area contributed by atoms with E-state index in [4.69, 9.17) is 0 Å². The van der Waals surface area contributed by atoms with Gasteiger partial charge in [0.2, 0.25) is 0 Å². The van der Waals surface area contributed by atoms with Gasteiger partial charge in [-0.05, 0) is 12.1 Å². The maximum atomic E-state index is 13.2. The molecule has 11 heteroatoms. The van der Waals surface area contributed by atoms with Gasteiger partial charge >= 0.3 is 12.7 Å². The Bertz CT molecular complexity index is 909. The fourth-order valence-electron chi connectivity index (χ4n) is 2.34. The van der Waals surface area contributed by atoms with Crippen molar-refractivity contribution in [3.8, 4) is 11.4 Å². The van der Waals surface area contributed by atoms with Gasteiger partial charge in [-0.2, -0.15) is 22.0 Å². The van der Waals surface area contributed by atoms with Gasteiger partial charge in [-0.25, -0.2) is 15.0 Å². The third kappa shape index (κ3) is 4.18. The Kier molecular flexibility index (Phi) is 5.02. The highest BCUT2D eigenvalue weighted by molar-refractivity contribution is 5.57. The molecule has 3 rings (SSSR count). The molecular formula is C16H13F5N6. The summed E-state index contributed by atoms with van der Waals surface area (Å²) >= 11 is 0. The third-order valence-corrected chi connectivity index (χ3v) is 3.67. The van der Waals surface area contributed by atoms with Crippen LogP contribution >= 0.6 is 0 Å². The van der Waals surface area contributed by atoms with E-state index >= 15 is 0 Å². The van der Waals surface area contributed by atoms with Gasteiger partial charge in [-0.3, -0.25) is 9.55 Å². The molecule has 27 heavy (non-hydrogen) atoms. The smallest absolute Gasteiger partial charge is 0.352 e. The molecule has 3 aromatic heterocycles. The van der Waals surface area contributed by atoms with Crippen LogP contribution in [0.25, 0.3) is 11.4 Å². The van der Waals surface area contributed by atoms with Crippen molar-refractivity contribution < 1.29 is 22.0 Å². The van der Waals surface area contributed by atoms with E-state index in [1.54, 1.807) is 0 Å². The average Bonchev–Trinajstić information content (AvgIpc) is 3.09. The summed E-state index contributed by atoms with van der Waals surface area (Å²) in [4.78, 5) is 16.6. The van der Waals surface area contributed by atoms with Crippen LogP contribution in [-0.4, -0.2) is 31.6 Å². The Morgan fingerprint density at radius 2 is 1.81 bits per heavy atom. The van der Waals surface area contributed by atoms with Gasteiger partial charge in [-0.1, -0.05) is 0 Å². The van der Waals surface area contributed by atoms with Crippen LogP contribution in [-0.2, 0) is 12.7 Å². The van der Waals surface area contributed by atoms with Crippen molar-refractivity contribution in [2.75, 3.05) is 11.9 Å². The monoisotopic (exact) mass is 384 g/mol. The van der Waals surface area contributed by atoms with E-state index in [1.165, 1.54) is 42.7 Å². The highest BCUT2D eigenvalue weighted by Gasteiger charge is 2.34. The fraction of sp³-hybridized carbons (Fsp3) is 0.250. The summed E-state index contributed by atoms with van der Waals surface area (Å²) in [6.07, 6.45) is 0.404. The zero-order valence-electron chi connectivity index (χ0n) is 13.9. The number of hydrogen-bond donors (Lipinski definition) is 0. The van der Waals surface area contributed by atoms with E-state index in [0.717, 1.165) is 12.3 Å². The molecule has 0 aromatic carbocycles. The van der Waals surface area contributed by atoms with Crippen LogP contribution in [0.4, 0.5) is 27.8 Å². The highest BCUT2D eigenvalue weighted by atomic mass is 19.4. The van der Waals surface area contributed by atoms with Gasteiger partial charge in [0.05, 0.1) is 6.54 Å².